The van der Waals surface area contributed by atoms with Gasteiger partial charge in [-0.25, -0.2) is 0 Å². The lowest BCUT2D eigenvalue weighted by Gasteiger charge is -2.09. The third kappa shape index (κ3) is 5.12. The first-order valence-electron chi connectivity index (χ1n) is 8.15. The smallest absolute Gasteiger partial charge is 0.291 e. The van der Waals surface area contributed by atoms with E-state index in [9.17, 15) is 9.59 Å². The number of ether oxygens (including phenoxy) is 1. The molecule has 6 nitrogen and oxygen atoms in total. The zero-order valence-corrected chi connectivity index (χ0v) is 15.2. The first kappa shape index (κ1) is 18.5. The fourth-order valence-corrected chi connectivity index (χ4v) is 2.43. The summed E-state index contributed by atoms with van der Waals surface area (Å²) in [7, 11) is 0. The number of halogens is 1. The van der Waals surface area contributed by atoms with Crippen molar-refractivity contribution in [2.24, 2.45) is 0 Å². The lowest BCUT2D eigenvalue weighted by molar-refractivity contribution is -0.118. The standard InChI is InChI=1S/C20H17ClN2O4/c1-13-4-5-15(11-17(13)21)22-19(24)12-27-16-8-6-14(7-9-16)23-20(25)18-3-2-10-26-18/h2-11H,12H2,1H3,(H,22,24)(H,23,25). The number of anilines is 2. The minimum Gasteiger partial charge on any atom is -0.484 e. The third-order valence-electron chi connectivity index (χ3n) is 3.68. The van der Waals surface area contributed by atoms with Crippen LogP contribution in [0.15, 0.2) is 65.3 Å². The second-order valence-corrected chi connectivity index (χ2v) is 6.16. The van der Waals surface area contributed by atoms with Crippen LogP contribution in [-0.4, -0.2) is 18.4 Å². The Morgan fingerprint density at radius 1 is 1.04 bits per heavy atom. The van der Waals surface area contributed by atoms with Crippen molar-refractivity contribution in [1.82, 2.24) is 0 Å². The summed E-state index contributed by atoms with van der Waals surface area (Å²) in [6.45, 7) is 1.74. The zero-order valence-electron chi connectivity index (χ0n) is 14.5. The molecular formula is C20H17ClN2O4. The molecule has 0 atom stereocenters. The van der Waals surface area contributed by atoms with Crippen LogP contribution in [0.25, 0.3) is 0 Å². The molecule has 0 unspecified atom stereocenters. The van der Waals surface area contributed by atoms with E-state index in [-0.39, 0.29) is 24.2 Å². The highest BCUT2D eigenvalue weighted by Gasteiger charge is 2.09. The molecule has 2 aromatic carbocycles. The van der Waals surface area contributed by atoms with E-state index in [2.05, 4.69) is 10.6 Å². The predicted molar refractivity (Wildman–Crippen MR) is 103 cm³/mol. The second kappa shape index (κ2) is 8.42. The van der Waals surface area contributed by atoms with Crippen LogP contribution >= 0.6 is 11.6 Å². The van der Waals surface area contributed by atoms with Crippen LogP contribution < -0.4 is 15.4 Å². The van der Waals surface area contributed by atoms with Gasteiger partial charge in [-0.1, -0.05) is 17.7 Å². The Hall–Kier alpha value is -3.25. The fourth-order valence-electron chi connectivity index (χ4n) is 2.25. The molecule has 1 aromatic heterocycles. The summed E-state index contributed by atoms with van der Waals surface area (Å²) in [6.07, 6.45) is 1.43. The SMILES string of the molecule is Cc1ccc(NC(=O)COc2ccc(NC(=O)c3ccco3)cc2)cc1Cl. The van der Waals surface area contributed by atoms with E-state index in [1.165, 1.54) is 6.26 Å². The van der Waals surface area contributed by atoms with Gasteiger partial charge in [-0.05, 0) is 61.0 Å². The number of hydrogen-bond acceptors (Lipinski definition) is 4. The van der Waals surface area contributed by atoms with E-state index in [1.807, 2.05) is 13.0 Å². The Morgan fingerprint density at radius 2 is 1.78 bits per heavy atom. The highest BCUT2D eigenvalue weighted by molar-refractivity contribution is 6.31. The first-order valence-corrected chi connectivity index (χ1v) is 8.53. The van der Waals surface area contributed by atoms with Crippen molar-refractivity contribution in [3.8, 4) is 5.75 Å². The maximum Gasteiger partial charge on any atom is 0.291 e. The number of carbonyl (C=O) groups excluding carboxylic acids is 2. The number of amides is 2. The third-order valence-corrected chi connectivity index (χ3v) is 4.09. The molecule has 0 fully saturated rings. The monoisotopic (exact) mass is 384 g/mol. The average molecular weight is 385 g/mol. The van der Waals surface area contributed by atoms with E-state index in [0.717, 1.165) is 5.56 Å². The highest BCUT2D eigenvalue weighted by Crippen LogP contribution is 2.20. The minimum atomic E-state index is -0.343. The molecule has 0 aliphatic rings. The van der Waals surface area contributed by atoms with Crippen molar-refractivity contribution in [2.45, 2.75) is 6.92 Å². The van der Waals surface area contributed by atoms with Gasteiger partial charge in [0.15, 0.2) is 12.4 Å². The number of rotatable bonds is 6. The van der Waals surface area contributed by atoms with Gasteiger partial charge < -0.3 is 19.8 Å². The van der Waals surface area contributed by atoms with Gasteiger partial charge in [-0.15, -0.1) is 0 Å². The molecule has 0 spiro atoms. The topological polar surface area (TPSA) is 80.6 Å². The van der Waals surface area contributed by atoms with Crippen molar-refractivity contribution in [1.29, 1.82) is 0 Å². The summed E-state index contributed by atoms with van der Waals surface area (Å²) in [5, 5.41) is 6.00. The first-order chi connectivity index (χ1) is 13.0. The van der Waals surface area contributed by atoms with Crippen LogP contribution in [-0.2, 0) is 4.79 Å². The van der Waals surface area contributed by atoms with Crippen molar-refractivity contribution in [3.63, 3.8) is 0 Å². The molecule has 27 heavy (non-hydrogen) atoms. The van der Waals surface area contributed by atoms with Gasteiger partial charge in [-0.3, -0.25) is 9.59 Å². The molecule has 2 N–H and O–H groups in total. The van der Waals surface area contributed by atoms with Crippen LogP contribution in [0.5, 0.6) is 5.75 Å². The predicted octanol–water partition coefficient (Wildman–Crippen LogP) is 4.51. The zero-order chi connectivity index (χ0) is 19.2. The van der Waals surface area contributed by atoms with Gasteiger partial charge in [0.05, 0.1) is 6.26 Å². The van der Waals surface area contributed by atoms with Crippen LogP contribution in [0, 0.1) is 6.92 Å². The highest BCUT2D eigenvalue weighted by atomic mass is 35.5. The Labute approximate surface area is 161 Å². The Balaban J connectivity index is 1.50. The molecule has 0 aliphatic heterocycles. The van der Waals surface area contributed by atoms with E-state index in [1.54, 1.807) is 48.5 Å². The average Bonchev–Trinajstić information content (AvgIpc) is 3.19. The molecule has 0 aliphatic carbocycles. The van der Waals surface area contributed by atoms with Crippen LogP contribution in [0.3, 0.4) is 0 Å². The van der Waals surface area contributed by atoms with Crippen LogP contribution in [0.4, 0.5) is 11.4 Å². The summed E-state index contributed by atoms with van der Waals surface area (Å²) < 4.78 is 10.5. The minimum absolute atomic E-state index is 0.149. The van der Waals surface area contributed by atoms with Gasteiger partial charge >= 0.3 is 0 Å². The van der Waals surface area contributed by atoms with E-state index in [4.69, 9.17) is 20.8 Å². The van der Waals surface area contributed by atoms with Gasteiger partial charge in [-0.2, -0.15) is 0 Å². The van der Waals surface area contributed by atoms with Crippen molar-refractivity contribution in [2.75, 3.05) is 17.2 Å². The molecule has 7 heteroatoms. The molecular weight excluding hydrogens is 368 g/mol. The molecule has 0 bridgehead atoms. The Morgan fingerprint density at radius 3 is 2.44 bits per heavy atom. The van der Waals surface area contributed by atoms with E-state index in [0.29, 0.717) is 22.1 Å². The quantitative estimate of drug-likeness (QED) is 0.655. The number of carbonyl (C=O) groups is 2. The maximum absolute atomic E-state index is 12.0. The Kier molecular flexibility index (Phi) is 5.78. The van der Waals surface area contributed by atoms with Gasteiger partial charge in [0, 0.05) is 16.4 Å². The number of nitrogens with one attached hydrogen (secondary N) is 2. The summed E-state index contributed by atoms with van der Waals surface area (Å²) in [6, 6.07) is 15.2. The molecule has 0 saturated carbocycles. The molecule has 3 rings (SSSR count). The molecule has 0 saturated heterocycles. The van der Waals surface area contributed by atoms with E-state index < -0.39 is 0 Å². The number of aryl methyl sites for hydroxylation is 1. The largest absolute Gasteiger partial charge is 0.484 e. The molecule has 138 valence electrons. The van der Waals surface area contributed by atoms with Crippen LogP contribution in [0.2, 0.25) is 5.02 Å². The normalized spacial score (nSPS) is 10.3. The molecule has 3 aromatic rings. The number of hydrogen-bond donors (Lipinski definition) is 2. The van der Waals surface area contributed by atoms with Crippen molar-refractivity contribution in [3.05, 3.63) is 77.2 Å². The van der Waals surface area contributed by atoms with Gasteiger partial charge in [0.2, 0.25) is 0 Å². The Bertz CT molecular complexity index is 937. The molecule has 2 amide bonds. The maximum atomic E-state index is 12.0. The van der Waals surface area contributed by atoms with Gasteiger partial charge in [0.25, 0.3) is 11.8 Å². The summed E-state index contributed by atoms with van der Waals surface area (Å²) in [5.74, 6) is 0.0845. The van der Waals surface area contributed by atoms with E-state index >= 15 is 0 Å². The molecule has 1 heterocycles. The van der Waals surface area contributed by atoms with Gasteiger partial charge in [0.1, 0.15) is 5.75 Å². The van der Waals surface area contributed by atoms with Crippen LogP contribution in [0.1, 0.15) is 16.1 Å². The fraction of sp³-hybridized carbons (Fsp3) is 0.100. The van der Waals surface area contributed by atoms with Crippen molar-refractivity contribution >= 4 is 34.8 Å². The second-order valence-electron chi connectivity index (χ2n) is 5.76. The van der Waals surface area contributed by atoms with Crippen molar-refractivity contribution < 1.29 is 18.7 Å². The summed E-state index contributed by atoms with van der Waals surface area (Å²) >= 11 is 6.04. The summed E-state index contributed by atoms with van der Waals surface area (Å²) in [4.78, 5) is 23.9. The number of furan rings is 1. The number of benzene rings is 2. The molecule has 0 radical (unpaired) electrons. The lowest BCUT2D eigenvalue weighted by Crippen LogP contribution is -2.20. The summed E-state index contributed by atoms with van der Waals surface area (Å²) in [5.41, 5.74) is 2.13. The lowest BCUT2D eigenvalue weighted by atomic mass is 10.2.